The molecule has 0 unspecified atom stereocenters. The van der Waals surface area contributed by atoms with Crippen LogP contribution in [0, 0.1) is 6.92 Å². The average molecular weight is 279 g/mol. The van der Waals surface area contributed by atoms with Crippen molar-refractivity contribution in [3.8, 4) is 0 Å². The van der Waals surface area contributed by atoms with E-state index in [1.165, 1.54) is 5.69 Å². The van der Waals surface area contributed by atoms with Crippen LogP contribution in [-0.2, 0) is 0 Å². The van der Waals surface area contributed by atoms with Crippen molar-refractivity contribution in [3.63, 3.8) is 0 Å². The third kappa shape index (κ3) is 2.05. The van der Waals surface area contributed by atoms with Gasteiger partial charge in [0.2, 0.25) is 5.95 Å². The Morgan fingerprint density at radius 2 is 2.00 bits per heavy atom. The summed E-state index contributed by atoms with van der Waals surface area (Å²) in [6.07, 6.45) is 7.99. The van der Waals surface area contributed by atoms with E-state index in [1.54, 1.807) is 12.4 Å². The number of rotatable bonds is 2. The van der Waals surface area contributed by atoms with Crippen molar-refractivity contribution < 1.29 is 0 Å². The molecule has 0 radical (unpaired) electrons. The van der Waals surface area contributed by atoms with Crippen LogP contribution in [-0.4, -0.2) is 25.9 Å². The zero-order chi connectivity index (χ0) is 14.2. The minimum atomic E-state index is 0.310. The Balaban J connectivity index is 1.80. The van der Waals surface area contributed by atoms with E-state index in [0.29, 0.717) is 6.04 Å². The molecule has 4 rings (SSSR count). The largest absolute Gasteiger partial charge is 0.332 e. The molecule has 0 aliphatic carbocycles. The van der Waals surface area contributed by atoms with Gasteiger partial charge in [0.25, 0.3) is 0 Å². The van der Waals surface area contributed by atoms with Crippen LogP contribution >= 0.6 is 0 Å². The molecule has 1 saturated heterocycles. The highest BCUT2D eigenvalue weighted by molar-refractivity contribution is 5.45. The Morgan fingerprint density at radius 1 is 1.14 bits per heavy atom. The lowest BCUT2D eigenvalue weighted by molar-refractivity contribution is 0.669. The van der Waals surface area contributed by atoms with Crippen LogP contribution in [0.5, 0.6) is 0 Å². The first kappa shape index (κ1) is 12.3. The van der Waals surface area contributed by atoms with E-state index in [9.17, 15) is 0 Å². The van der Waals surface area contributed by atoms with Gasteiger partial charge in [-0.1, -0.05) is 6.07 Å². The molecule has 1 aliphatic heterocycles. The first-order chi connectivity index (χ1) is 10.3. The minimum absolute atomic E-state index is 0.310. The number of aryl methyl sites for hydroxylation is 1. The second-order valence-electron chi connectivity index (χ2n) is 5.46. The van der Waals surface area contributed by atoms with E-state index in [-0.39, 0.29) is 0 Å². The van der Waals surface area contributed by atoms with Crippen LogP contribution in [0.15, 0.2) is 42.9 Å². The monoisotopic (exact) mass is 279 g/mol. The van der Waals surface area contributed by atoms with E-state index >= 15 is 0 Å². The van der Waals surface area contributed by atoms with Crippen LogP contribution in [0.4, 0.5) is 5.95 Å². The molecule has 21 heavy (non-hydrogen) atoms. The van der Waals surface area contributed by atoms with Gasteiger partial charge in [-0.2, -0.15) is 0 Å². The molecule has 1 fully saturated rings. The fourth-order valence-electron chi connectivity index (χ4n) is 3.18. The molecule has 106 valence electrons. The SMILES string of the molecule is Cc1cn2c([C@H]3CCCN3c3ncccn3)cccc2n1. The lowest BCUT2D eigenvalue weighted by Gasteiger charge is -2.25. The van der Waals surface area contributed by atoms with Gasteiger partial charge < -0.3 is 9.30 Å². The van der Waals surface area contributed by atoms with E-state index in [4.69, 9.17) is 0 Å². The highest BCUT2D eigenvalue weighted by Gasteiger charge is 2.29. The number of aromatic nitrogens is 4. The highest BCUT2D eigenvalue weighted by atomic mass is 15.3. The van der Waals surface area contributed by atoms with Gasteiger partial charge in [-0.3, -0.25) is 0 Å². The van der Waals surface area contributed by atoms with E-state index in [0.717, 1.165) is 36.7 Å². The van der Waals surface area contributed by atoms with Gasteiger partial charge in [-0.25, -0.2) is 15.0 Å². The van der Waals surface area contributed by atoms with Gasteiger partial charge in [0.05, 0.1) is 11.7 Å². The molecule has 0 N–H and O–H groups in total. The third-order valence-electron chi connectivity index (χ3n) is 4.05. The fourth-order valence-corrected chi connectivity index (χ4v) is 3.18. The third-order valence-corrected chi connectivity index (χ3v) is 4.05. The second kappa shape index (κ2) is 4.84. The van der Waals surface area contributed by atoms with Crippen molar-refractivity contribution in [3.05, 3.63) is 54.2 Å². The molecule has 0 spiro atoms. The molecular formula is C16H17N5. The first-order valence-electron chi connectivity index (χ1n) is 7.31. The maximum absolute atomic E-state index is 4.56. The standard InChI is InChI=1S/C16H17N5/c1-12-11-21-14(5-2-7-15(21)19-12)13-6-3-10-20(13)16-17-8-4-9-18-16/h2,4-5,7-9,11,13H,3,6,10H2,1H3/t13-/m1/s1. The van der Waals surface area contributed by atoms with Gasteiger partial charge in [0.1, 0.15) is 5.65 Å². The van der Waals surface area contributed by atoms with Gasteiger partial charge in [-0.05, 0) is 38.0 Å². The molecule has 0 aromatic carbocycles. The maximum Gasteiger partial charge on any atom is 0.225 e. The summed E-state index contributed by atoms with van der Waals surface area (Å²) >= 11 is 0. The molecule has 5 nitrogen and oxygen atoms in total. The van der Waals surface area contributed by atoms with Crippen molar-refractivity contribution in [2.24, 2.45) is 0 Å². The second-order valence-corrected chi connectivity index (χ2v) is 5.46. The number of hydrogen-bond donors (Lipinski definition) is 0. The Hall–Kier alpha value is -2.43. The molecule has 0 bridgehead atoms. The molecule has 4 heterocycles. The van der Waals surface area contributed by atoms with Crippen LogP contribution in [0.2, 0.25) is 0 Å². The summed E-state index contributed by atoms with van der Waals surface area (Å²) in [4.78, 5) is 15.7. The van der Waals surface area contributed by atoms with Crippen LogP contribution in [0.1, 0.15) is 30.3 Å². The summed E-state index contributed by atoms with van der Waals surface area (Å²) in [7, 11) is 0. The lowest BCUT2D eigenvalue weighted by Crippen LogP contribution is -2.25. The maximum atomic E-state index is 4.56. The van der Waals surface area contributed by atoms with Crippen molar-refractivity contribution in [2.75, 3.05) is 11.4 Å². The van der Waals surface area contributed by atoms with Crippen molar-refractivity contribution >= 4 is 11.6 Å². The summed E-state index contributed by atoms with van der Waals surface area (Å²) in [5, 5.41) is 0. The normalized spacial score (nSPS) is 18.5. The smallest absolute Gasteiger partial charge is 0.225 e. The van der Waals surface area contributed by atoms with Crippen molar-refractivity contribution in [1.82, 2.24) is 19.4 Å². The predicted octanol–water partition coefficient (Wildman–Crippen LogP) is 2.77. The minimum Gasteiger partial charge on any atom is -0.332 e. The number of pyridine rings is 1. The number of fused-ring (bicyclic) bond motifs is 1. The molecule has 0 saturated carbocycles. The molecule has 3 aromatic rings. The Bertz CT molecular complexity index is 765. The summed E-state index contributed by atoms with van der Waals surface area (Å²) in [5.74, 6) is 0.814. The molecule has 3 aromatic heterocycles. The van der Waals surface area contributed by atoms with Gasteiger partial charge in [-0.15, -0.1) is 0 Å². The number of imidazole rings is 1. The van der Waals surface area contributed by atoms with Gasteiger partial charge >= 0.3 is 0 Å². The fraction of sp³-hybridized carbons (Fsp3) is 0.312. The van der Waals surface area contributed by atoms with E-state index in [2.05, 4.69) is 48.6 Å². The van der Waals surface area contributed by atoms with Crippen molar-refractivity contribution in [1.29, 1.82) is 0 Å². The van der Waals surface area contributed by atoms with E-state index < -0.39 is 0 Å². The first-order valence-corrected chi connectivity index (χ1v) is 7.31. The molecule has 1 atom stereocenters. The quantitative estimate of drug-likeness (QED) is 0.723. The molecular weight excluding hydrogens is 262 g/mol. The topological polar surface area (TPSA) is 46.3 Å². The summed E-state index contributed by atoms with van der Waals surface area (Å²) < 4.78 is 2.20. The van der Waals surface area contributed by atoms with Crippen LogP contribution < -0.4 is 4.90 Å². The van der Waals surface area contributed by atoms with Gasteiger partial charge in [0, 0.05) is 30.8 Å². The zero-order valence-electron chi connectivity index (χ0n) is 12.0. The number of hydrogen-bond acceptors (Lipinski definition) is 4. The zero-order valence-corrected chi connectivity index (χ0v) is 12.0. The summed E-state index contributed by atoms with van der Waals surface area (Å²) in [5.41, 5.74) is 3.31. The molecule has 1 aliphatic rings. The highest BCUT2D eigenvalue weighted by Crippen LogP contribution is 2.34. The molecule has 0 amide bonds. The van der Waals surface area contributed by atoms with E-state index in [1.807, 2.05) is 13.0 Å². The van der Waals surface area contributed by atoms with Crippen LogP contribution in [0.3, 0.4) is 0 Å². The lowest BCUT2D eigenvalue weighted by atomic mass is 10.1. The Morgan fingerprint density at radius 3 is 2.86 bits per heavy atom. The average Bonchev–Trinajstić information content (AvgIpc) is 3.12. The van der Waals surface area contributed by atoms with Crippen molar-refractivity contribution in [2.45, 2.75) is 25.8 Å². The number of nitrogens with zero attached hydrogens (tertiary/aromatic N) is 5. The Labute approximate surface area is 123 Å². The van der Waals surface area contributed by atoms with Crippen LogP contribution in [0.25, 0.3) is 5.65 Å². The summed E-state index contributed by atoms with van der Waals surface area (Å²) in [6.45, 7) is 3.03. The summed E-state index contributed by atoms with van der Waals surface area (Å²) in [6, 6.07) is 8.48. The Kier molecular flexibility index (Phi) is 2.84. The predicted molar refractivity (Wildman–Crippen MR) is 81.3 cm³/mol. The van der Waals surface area contributed by atoms with Gasteiger partial charge in [0.15, 0.2) is 0 Å². The number of anilines is 1. The molecule has 5 heteroatoms.